The van der Waals surface area contributed by atoms with E-state index in [9.17, 15) is 0 Å². The predicted octanol–water partition coefficient (Wildman–Crippen LogP) is 5.83. The Morgan fingerprint density at radius 2 is 1.40 bits per heavy atom. The number of aromatic nitrogens is 1. The highest BCUT2D eigenvalue weighted by atomic mass is 79.9. The first-order valence-corrected chi connectivity index (χ1v) is 7.37. The van der Waals surface area contributed by atoms with Crippen LogP contribution in [0.1, 0.15) is 0 Å². The van der Waals surface area contributed by atoms with Crippen molar-refractivity contribution in [2.45, 2.75) is 0 Å². The molecule has 0 radical (unpaired) electrons. The summed E-state index contributed by atoms with van der Waals surface area (Å²) in [7, 11) is 0. The average Bonchev–Trinajstić information content (AvgIpc) is 2.49. The molecule has 0 spiro atoms. The van der Waals surface area contributed by atoms with Gasteiger partial charge in [-0.2, -0.15) is 0 Å². The van der Waals surface area contributed by atoms with Crippen LogP contribution in [0.3, 0.4) is 0 Å². The molecule has 0 amide bonds. The van der Waals surface area contributed by atoms with Crippen LogP contribution in [0.25, 0.3) is 22.4 Å². The van der Waals surface area contributed by atoms with E-state index in [1.54, 1.807) is 0 Å². The lowest BCUT2D eigenvalue weighted by Crippen LogP contribution is -1.85. The zero-order valence-electron chi connectivity index (χ0n) is 10.6. The molecule has 3 aromatic rings. The Kier molecular flexibility index (Phi) is 3.86. The van der Waals surface area contributed by atoms with Crippen LogP contribution in [0, 0.1) is 0 Å². The van der Waals surface area contributed by atoms with Gasteiger partial charge in [-0.1, -0.05) is 51.8 Å². The molecule has 0 unspecified atom stereocenters. The van der Waals surface area contributed by atoms with Gasteiger partial charge in [0.1, 0.15) is 0 Å². The summed E-state index contributed by atoms with van der Waals surface area (Å²) in [6, 6.07) is 20.1. The zero-order chi connectivity index (χ0) is 13.9. The first-order chi connectivity index (χ1) is 9.72. The lowest BCUT2D eigenvalue weighted by Gasteiger charge is -2.05. The highest BCUT2D eigenvalue weighted by Crippen LogP contribution is 2.26. The lowest BCUT2D eigenvalue weighted by atomic mass is 10.0. The van der Waals surface area contributed by atoms with Crippen LogP contribution < -0.4 is 0 Å². The van der Waals surface area contributed by atoms with E-state index >= 15 is 0 Å². The molecule has 0 N–H and O–H groups in total. The molecule has 0 atom stereocenters. The van der Waals surface area contributed by atoms with Gasteiger partial charge in [-0.25, -0.2) is 0 Å². The fraction of sp³-hybridized carbons (Fsp3) is 0. The van der Waals surface area contributed by atoms with Gasteiger partial charge < -0.3 is 0 Å². The van der Waals surface area contributed by atoms with E-state index in [1.807, 2.05) is 48.7 Å². The second-order valence-electron chi connectivity index (χ2n) is 4.44. The van der Waals surface area contributed by atoms with Gasteiger partial charge in [0.25, 0.3) is 0 Å². The van der Waals surface area contributed by atoms with Crippen molar-refractivity contribution in [2.24, 2.45) is 0 Å². The molecule has 20 heavy (non-hydrogen) atoms. The molecular weight excluding hydrogens is 334 g/mol. The van der Waals surface area contributed by atoms with Crippen LogP contribution in [0.2, 0.25) is 5.02 Å². The molecule has 0 saturated heterocycles. The van der Waals surface area contributed by atoms with Crippen molar-refractivity contribution in [3.8, 4) is 22.4 Å². The fourth-order valence-electron chi connectivity index (χ4n) is 2.03. The summed E-state index contributed by atoms with van der Waals surface area (Å²) in [5, 5.41) is 0.746. The molecule has 2 aromatic carbocycles. The lowest BCUT2D eigenvalue weighted by molar-refractivity contribution is 1.32. The van der Waals surface area contributed by atoms with E-state index in [1.165, 1.54) is 0 Å². The van der Waals surface area contributed by atoms with Crippen LogP contribution in [-0.4, -0.2) is 4.98 Å². The Hall–Kier alpha value is -1.64. The Labute approximate surface area is 131 Å². The summed E-state index contributed by atoms with van der Waals surface area (Å²) in [4.78, 5) is 4.44. The summed E-state index contributed by atoms with van der Waals surface area (Å²) in [6.07, 6.45) is 1.83. The molecule has 1 aromatic heterocycles. The first-order valence-electron chi connectivity index (χ1n) is 6.20. The van der Waals surface area contributed by atoms with Crippen molar-refractivity contribution in [1.29, 1.82) is 0 Å². The molecule has 1 heterocycles. The summed E-state index contributed by atoms with van der Waals surface area (Å²) in [5.74, 6) is 0. The maximum Gasteiger partial charge on any atom is 0.0708 e. The van der Waals surface area contributed by atoms with Crippen LogP contribution in [0.15, 0.2) is 71.3 Å². The monoisotopic (exact) mass is 343 g/mol. The van der Waals surface area contributed by atoms with Crippen LogP contribution in [0.5, 0.6) is 0 Å². The number of rotatable bonds is 2. The number of benzene rings is 2. The second kappa shape index (κ2) is 5.78. The van der Waals surface area contributed by atoms with Gasteiger partial charge >= 0.3 is 0 Å². The molecule has 3 heteroatoms. The Bertz CT molecular complexity index is 660. The van der Waals surface area contributed by atoms with Crippen molar-refractivity contribution in [3.63, 3.8) is 0 Å². The van der Waals surface area contributed by atoms with Crippen molar-refractivity contribution in [1.82, 2.24) is 4.98 Å². The second-order valence-corrected chi connectivity index (χ2v) is 5.80. The number of nitrogens with zero attached hydrogens (tertiary/aromatic N) is 1. The van der Waals surface area contributed by atoms with Gasteiger partial charge in [-0.15, -0.1) is 0 Å². The third kappa shape index (κ3) is 2.92. The maximum atomic E-state index is 5.92. The van der Waals surface area contributed by atoms with Gasteiger partial charge in [0, 0.05) is 21.3 Å². The Morgan fingerprint density at radius 1 is 0.750 bits per heavy atom. The highest BCUT2D eigenvalue weighted by Gasteiger charge is 2.03. The van der Waals surface area contributed by atoms with E-state index in [2.05, 4.69) is 39.1 Å². The summed E-state index contributed by atoms with van der Waals surface area (Å²) >= 11 is 9.37. The first kappa shape index (κ1) is 13.3. The molecule has 0 aliphatic heterocycles. The minimum absolute atomic E-state index is 0.746. The smallest absolute Gasteiger partial charge is 0.0708 e. The van der Waals surface area contributed by atoms with Gasteiger partial charge in [-0.3, -0.25) is 4.98 Å². The van der Waals surface area contributed by atoms with Crippen LogP contribution in [-0.2, 0) is 0 Å². The number of halogens is 2. The third-order valence-corrected chi connectivity index (χ3v) is 3.86. The van der Waals surface area contributed by atoms with Crippen LogP contribution in [0.4, 0.5) is 0 Å². The highest BCUT2D eigenvalue weighted by molar-refractivity contribution is 9.10. The molecular formula is C17H11BrClN. The van der Waals surface area contributed by atoms with Gasteiger partial charge in [0.2, 0.25) is 0 Å². The fourth-order valence-corrected chi connectivity index (χ4v) is 2.42. The number of hydrogen-bond donors (Lipinski definition) is 0. The topological polar surface area (TPSA) is 12.9 Å². The van der Waals surface area contributed by atoms with Crippen molar-refractivity contribution in [2.75, 3.05) is 0 Å². The summed E-state index contributed by atoms with van der Waals surface area (Å²) < 4.78 is 1.06. The SMILES string of the molecule is Clc1ccc(-c2ccnc(-c3ccc(Br)cc3)c2)cc1. The van der Waals surface area contributed by atoms with E-state index in [4.69, 9.17) is 11.6 Å². The van der Waals surface area contributed by atoms with Gasteiger partial charge in [0.15, 0.2) is 0 Å². The third-order valence-electron chi connectivity index (χ3n) is 3.08. The molecule has 0 aliphatic carbocycles. The van der Waals surface area contributed by atoms with E-state index in [0.717, 1.165) is 31.9 Å². The molecule has 3 rings (SSSR count). The van der Waals surface area contributed by atoms with Crippen LogP contribution >= 0.6 is 27.5 Å². The van der Waals surface area contributed by atoms with Gasteiger partial charge in [-0.05, 0) is 47.5 Å². The van der Waals surface area contributed by atoms with E-state index in [-0.39, 0.29) is 0 Å². The molecule has 1 nitrogen and oxygen atoms in total. The standard InChI is InChI=1S/C17H11BrClN/c18-15-5-1-13(2-6-15)17-11-14(9-10-20-17)12-3-7-16(19)8-4-12/h1-11H. The minimum atomic E-state index is 0.746. The summed E-state index contributed by atoms with van der Waals surface area (Å²) in [5.41, 5.74) is 4.33. The number of pyridine rings is 1. The van der Waals surface area contributed by atoms with Crippen molar-refractivity contribution >= 4 is 27.5 Å². The largest absolute Gasteiger partial charge is 0.256 e. The van der Waals surface area contributed by atoms with Gasteiger partial charge in [0.05, 0.1) is 5.69 Å². The Morgan fingerprint density at radius 3 is 2.10 bits per heavy atom. The zero-order valence-corrected chi connectivity index (χ0v) is 12.9. The molecule has 0 fully saturated rings. The molecule has 0 bridgehead atoms. The normalized spacial score (nSPS) is 10.5. The summed E-state index contributed by atoms with van der Waals surface area (Å²) in [6.45, 7) is 0. The quantitative estimate of drug-likeness (QED) is 0.570. The van der Waals surface area contributed by atoms with Crippen molar-refractivity contribution in [3.05, 3.63) is 76.4 Å². The minimum Gasteiger partial charge on any atom is -0.256 e. The van der Waals surface area contributed by atoms with Crippen molar-refractivity contribution < 1.29 is 0 Å². The molecule has 0 aliphatic rings. The van der Waals surface area contributed by atoms with E-state index in [0.29, 0.717) is 0 Å². The Balaban J connectivity index is 2.01. The maximum absolute atomic E-state index is 5.92. The average molecular weight is 345 g/mol. The molecule has 0 saturated carbocycles. The molecule has 98 valence electrons. The predicted molar refractivity (Wildman–Crippen MR) is 87.8 cm³/mol. The van der Waals surface area contributed by atoms with E-state index < -0.39 is 0 Å². The number of hydrogen-bond acceptors (Lipinski definition) is 1.